The van der Waals surface area contributed by atoms with Gasteiger partial charge in [-0.2, -0.15) is 0 Å². The van der Waals surface area contributed by atoms with Crippen LogP contribution in [0.5, 0.6) is 0 Å². The molecular formula is C29H37NOSi. The summed E-state index contributed by atoms with van der Waals surface area (Å²) in [6.07, 6.45) is 2.05. The average molecular weight is 444 g/mol. The zero-order valence-electron chi connectivity index (χ0n) is 20.2. The highest BCUT2D eigenvalue weighted by Gasteiger charge is 2.49. The van der Waals surface area contributed by atoms with E-state index in [1.165, 1.54) is 27.2 Å². The van der Waals surface area contributed by atoms with Crippen molar-refractivity contribution in [3.05, 3.63) is 90.0 Å². The van der Waals surface area contributed by atoms with Gasteiger partial charge in [0.15, 0.2) is 0 Å². The molecule has 0 bridgehead atoms. The Balaban J connectivity index is 1.62. The molecule has 1 N–H and O–H groups in total. The van der Waals surface area contributed by atoms with Crippen LogP contribution in [0.15, 0.2) is 78.9 Å². The van der Waals surface area contributed by atoms with Crippen LogP contribution in [0.2, 0.25) is 5.04 Å². The predicted molar refractivity (Wildman–Crippen MR) is 140 cm³/mol. The largest absolute Gasteiger partial charge is 0.407 e. The lowest BCUT2D eigenvalue weighted by molar-refractivity contribution is 0.301. The van der Waals surface area contributed by atoms with E-state index in [-0.39, 0.29) is 5.04 Å². The molecule has 2 nitrogen and oxygen atoms in total. The maximum absolute atomic E-state index is 7.08. The van der Waals surface area contributed by atoms with Crippen LogP contribution < -0.4 is 15.7 Å². The molecule has 3 aromatic carbocycles. The molecule has 0 atom stereocenters. The van der Waals surface area contributed by atoms with E-state index in [1.54, 1.807) is 0 Å². The summed E-state index contributed by atoms with van der Waals surface area (Å²) < 4.78 is 7.08. The second-order valence-corrected chi connectivity index (χ2v) is 15.3. The van der Waals surface area contributed by atoms with Gasteiger partial charge in [-0.05, 0) is 50.9 Å². The number of anilines is 1. The SMILES string of the molecule is CC1(C)CNc2ccc(CCO[Si](c3ccccc3)(c3ccccc3)C(C)(C)C)cc2C1. The van der Waals surface area contributed by atoms with Crippen LogP contribution in [-0.4, -0.2) is 21.5 Å². The van der Waals surface area contributed by atoms with Gasteiger partial charge in [-0.25, -0.2) is 0 Å². The zero-order chi connectivity index (χ0) is 22.8. The molecule has 3 heteroatoms. The van der Waals surface area contributed by atoms with Crippen molar-refractivity contribution >= 4 is 24.4 Å². The van der Waals surface area contributed by atoms with Gasteiger partial charge in [0.2, 0.25) is 0 Å². The highest BCUT2D eigenvalue weighted by atomic mass is 28.4. The molecule has 0 aromatic heterocycles. The molecule has 1 aliphatic heterocycles. The monoisotopic (exact) mass is 443 g/mol. The van der Waals surface area contributed by atoms with Crippen molar-refractivity contribution in [2.75, 3.05) is 18.5 Å². The second-order valence-electron chi connectivity index (χ2n) is 10.9. The lowest BCUT2D eigenvalue weighted by atomic mass is 9.81. The van der Waals surface area contributed by atoms with Crippen LogP contribution in [0.25, 0.3) is 0 Å². The van der Waals surface area contributed by atoms with Crippen LogP contribution >= 0.6 is 0 Å². The fourth-order valence-corrected chi connectivity index (χ4v) is 9.68. The fraction of sp³-hybridized carbons (Fsp3) is 0.379. The minimum Gasteiger partial charge on any atom is -0.407 e. The van der Waals surface area contributed by atoms with Crippen molar-refractivity contribution in [1.29, 1.82) is 0 Å². The Morgan fingerprint density at radius 1 is 0.875 bits per heavy atom. The molecular weight excluding hydrogens is 406 g/mol. The molecule has 0 radical (unpaired) electrons. The number of hydrogen-bond acceptors (Lipinski definition) is 2. The van der Waals surface area contributed by atoms with Crippen LogP contribution in [0.3, 0.4) is 0 Å². The summed E-state index contributed by atoms with van der Waals surface area (Å²) in [5, 5.41) is 6.30. The molecule has 0 amide bonds. The van der Waals surface area contributed by atoms with E-state index in [9.17, 15) is 0 Å². The first-order chi connectivity index (χ1) is 15.2. The van der Waals surface area contributed by atoms with Crippen LogP contribution in [0.1, 0.15) is 45.7 Å². The third-order valence-electron chi connectivity index (χ3n) is 6.72. The number of benzene rings is 3. The van der Waals surface area contributed by atoms with Crippen molar-refractivity contribution in [3.63, 3.8) is 0 Å². The summed E-state index contributed by atoms with van der Waals surface area (Å²) in [5.41, 5.74) is 4.39. The van der Waals surface area contributed by atoms with Gasteiger partial charge in [-0.1, -0.05) is 107 Å². The first kappa shape index (κ1) is 22.8. The molecule has 0 unspecified atom stereocenters. The Bertz CT molecular complexity index is 998. The van der Waals surface area contributed by atoms with Gasteiger partial charge in [-0.15, -0.1) is 0 Å². The molecule has 3 aromatic rings. The summed E-state index contributed by atoms with van der Waals surface area (Å²) in [4.78, 5) is 0. The van der Waals surface area contributed by atoms with Crippen LogP contribution in [0, 0.1) is 5.41 Å². The summed E-state index contributed by atoms with van der Waals surface area (Å²) in [6, 6.07) is 28.7. The topological polar surface area (TPSA) is 21.3 Å². The van der Waals surface area contributed by atoms with Crippen molar-refractivity contribution in [2.45, 2.75) is 52.5 Å². The van der Waals surface area contributed by atoms with Crippen molar-refractivity contribution in [3.8, 4) is 0 Å². The predicted octanol–water partition coefficient (Wildman–Crippen LogP) is 5.80. The number of fused-ring (bicyclic) bond motifs is 1. The Kier molecular flexibility index (Phi) is 6.33. The summed E-state index contributed by atoms with van der Waals surface area (Å²) in [7, 11) is -2.47. The summed E-state index contributed by atoms with van der Waals surface area (Å²) >= 11 is 0. The van der Waals surface area contributed by atoms with Crippen LogP contribution in [-0.2, 0) is 17.3 Å². The Morgan fingerprint density at radius 2 is 1.47 bits per heavy atom. The van der Waals surface area contributed by atoms with E-state index >= 15 is 0 Å². The lowest BCUT2D eigenvalue weighted by Crippen LogP contribution is -2.66. The Morgan fingerprint density at radius 3 is 2.03 bits per heavy atom. The minimum atomic E-state index is -2.47. The standard InChI is InChI=1S/C29H37NOSi/c1-28(2,3)32(25-12-8-6-9-13-25,26-14-10-7-11-15-26)31-19-18-23-16-17-27-24(20-23)21-29(4,5)22-30-27/h6-17,20,30H,18-19,21-22H2,1-5H3. The fourth-order valence-electron chi connectivity index (χ4n) is 5.12. The molecule has 0 saturated carbocycles. The normalized spacial score (nSPS) is 15.7. The molecule has 168 valence electrons. The van der Waals surface area contributed by atoms with Gasteiger partial charge in [0.25, 0.3) is 8.32 Å². The van der Waals surface area contributed by atoms with Crippen molar-refractivity contribution < 1.29 is 4.43 Å². The Hall–Kier alpha value is -2.36. The van der Waals surface area contributed by atoms with E-state index in [1.807, 2.05) is 0 Å². The first-order valence-corrected chi connectivity index (χ1v) is 13.7. The van der Waals surface area contributed by atoms with Crippen LogP contribution in [0.4, 0.5) is 5.69 Å². The minimum absolute atomic E-state index is 0.0134. The van der Waals surface area contributed by atoms with E-state index in [2.05, 4.69) is 119 Å². The number of nitrogens with one attached hydrogen (secondary N) is 1. The molecule has 0 aliphatic carbocycles. The lowest BCUT2D eigenvalue weighted by Gasteiger charge is -2.43. The smallest absolute Gasteiger partial charge is 0.261 e. The van der Waals surface area contributed by atoms with Gasteiger partial charge >= 0.3 is 0 Å². The quantitative estimate of drug-likeness (QED) is 0.486. The van der Waals surface area contributed by atoms with E-state index in [0.717, 1.165) is 26.0 Å². The number of hydrogen-bond donors (Lipinski definition) is 1. The maximum atomic E-state index is 7.08. The summed E-state index contributed by atoms with van der Waals surface area (Å²) in [6.45, 7) is 13.5. The first-order valence-electron chi connectivity index (χ1n) is 11.8. The van der Waals surface area contributed by atoms with Gasteiger partial charge in [-0.3, -0.25) is 0 Å². The zero-order valence-corrected chi connectivity index (χ0v) is 21.2. The van der Waals surface area contributed by atoms with E-state index < -0.39 is 8.32 Å². The Labute approximate surface area is 195 Å². The molecule has 0 fully saturated rings. The molecule has 4 rings (SSSR count). The molecule has 0 spiro atoms. The molecule has 1 aliphatic rings. The van der Waals surface area contributed by atoms with Gasteiger partial charge in [0.05, 0.1) is 0 Å². The third-order valence-corrected chi connectivity index (χ3v) is 11.8. The molecule has 32 heavy (non-hydrogen) atoms. The highest BCUT2D eigenvalue weighted by molar-refractivity contribution is 6.99. The number of rotatable bonds is 6. The van der Waals surface area contributed by atoms with Crippen molar-refractivity contribution in [2.24, 2.45) is 5.41 Å². The molecule has 0 saturated heterocycles. The van der Waals surface area contributed by atoms with Gasteiger partial charge in [0.1, 0.15) is 0 Å². The van der Waals surface area contributed by atoms with Crippen molar-refractivity contribution in [1.82, 2.24) is 0 Å². The van der Waals surface area contributed by atoms with E-state index in [4.69, 9.17) is 4.43 Å². The van der Waals surface area contributed by atoms with Gasteiger partial charge in [0, 0.05) is 18.8 Å². The maximum Gasteiger partial charge on any atom is 0.261 e. The third kappa shape index (κ3) is 4.55. The molecule has 1 heterocycles. The van der Waals surface area contributed by atoms with Gasteiger partial charge < -0.3 is 9.74 Å². The summed E-state index contributed by atoms with van der Waals surface area (Å²) in [5.74, 6) is 0. The highest BCUT2D eigenvalue weighted by Crippen LogP contribution is 2.37. The van der Waals surface area contributed by atoms with E-state index in [0.29, 0.717) is 5.41 Å². The second kappa shape index (κ2) is 8.88. The average Bonchev–Trinajstić information content (AvgIpc) is 2.76.